The fraction of sp³-hybridized carbons (Fsp3) is 0.818. The zero-order valence-electron chi connectivity index (χ0n) is 20.8. The maximum atomic E-state index is 12.9. The van der Waals surface area contributed by atoms with E-state index < -0.39 is 71.6 Å². The first-order valence-corrected chi connectivity index (χ1v) is 10.6. The summed E-state index contributed by atoms with van der Waals surface area (Å²) in [6.07, 6.45) is -8.29. The van der Waals surface area contributed by atoms with E-state index in [9.17, 15) is 36.7 Å². The smallest absolute Gasteiger partial charge is 0.324 e. The number of halogens is 4. The van der Waals surface area contributed by atoms with Crippen LogP contribution in [0.5, 0.6) is 0 Å². The number of carbonyl (C=O) groups is 4. The van der Waals surface area contributed by atoms with E-state index in [0.29, 0.717) is 0 Å². The molecule has 0 heterocycles. The SMILES string of the molecule is CCC(CC(F)F)(C(=O)O)C(=O)O.CCC(CC(F)F)(C(=O)OC(C)(C)C)C(=O)OC(C)(C)C. The number of alkyl halides is 4. The predicted octanol–water partition coefficient (Wildman–Crippen LogP) is 4.93. The van der Waals surface area contributed by atoms with Crippen LogP contribution in [0.25, 0.3) is 0 Å². The van der Waals surface area contributed by atoms with E-state index in [1.54, 1.807) is 41.5 Å². The summed E-state index contributed by atoms with van der Waals surface area (Å²) in [6.45, 7) is 12.4. The van der Waals surface area contributed by atoms with Gasteiger partial charge in [0.1, 0.15) is 11.2 Å². The van der Waals surface area contributed by atoms with Crippen LogP contribution in [0.2, 0.25) is 0 Å². The molecular formula is C22H36F4O8. The topological polar surface area (TPSA) is 127 Å². The lowest BCUT2D eigenvalue weighted by Gasteiger charge is -2.34. The van der Waals surface area contributed by atoms with Crippen LogP contribution >= 0.6 is 0 Å². The van der Waals surface area contributed by atoms with Crippen molar-refractivity contribution >= 4 is 23.9 Å². The van der Waals surface area contributed by atoms with Gasteiger partial charge in [-0.25, -0.2) is 17.6 Å². The van der Waals surface area contributed by atoms with E-state index in [2.05, 4.69) is 0 Å². The summed E-state index contributed by atoms with van der Waals surface area (Å²) in [5.41, 5.74) is -6.08. The monoisotopic (exact) mass is 504 g/mol. The first-order valence-electron chi connectivity index (χ1n) is 10.6. The molecule has 0 aliphatic rings. The number of rotatable bonds is 10. The summed E-state index contributed by atoms with van der Waals surface area (Å²) in [5, 5.41) is 17.1. The van der Waals surface area contributed by atoms with E-state index in [1.807, 2.05) is 0 Å². The lowest BCUT2D eigenvalue weighted by Crippen LogP contribution is -2.47. The van der Waals surface area contributed by atoms with E-state index in [0.717, 1.165) is 0 Å². The van der Waals surface area contributed by atoms with Gasteiger partial charge in [0.15, 0.2) is 10.8 Å². The third-order valence-corrected chi connectivity index (χ3v) is 4.61. The number of hydrogen-bond acceptors (Lipinski definition) is 6. The molecule has 0 aromatic heterocycles. The van der Waals surface area contributed by atoms with Crippen molar-refractivity contribution in [2.75, 3.05) is 0 Å². The second-order valence-corrected chi connectivity index (χ2v) is 9.68. The third-order valence-electron chi connectivity index (χ3n) is 4.61. The summed E-state index contributed by atoms with van der Waals surface area (Å²) in [5.74, 6) is -5.37. The van der Waals surface area contributed by atoms with Crippen LogP contribution in [-0.2, 0) is 28.7 Å². The van der Waals surface area contributed by atoms with Gasteiger partial charge >= 0.3 is 23.9 Å². The first kappa shape index (κ1) is 33.8. The van der Waals surface area contributed by atoms with Gasteiger partial charge in [-0.1, -0.05) is 13.8 Å². The molecule has 0 radical (unpaired) electrons. The van der Waals surface area contributed by atoms with Gasteiger partial charge in [-0.2, -0.15) is 0 Å². The molecule has 0 amide bonds. The van der Waals surface area contributed by atoms with Crippen LogP contribution in [-0.4, -0.2) is 58.1 Å². The minimum atomic E-state index is -2.94. The third kappa shape index (κ3) is 10.7. The minimum Gasteiger partial charge on any atom is -0.480 e. The Bertz CT molecular complexity index is 667. The summed E-state index contributed by atoms with van der Waals surface area (Å²) >= 11 is 0. The van der Waals surface area contributed by atoms with Crippen molar-refractivity contribution in [1.29, 1.82) is 0 Å². The van der Waals surface area contributed by atoms with Crippen LogP contribution in [0.15, 0.2) is 0 Å². The van der Waals surface area contributed by atoms with Crippen LogP contribution < -0.4 is 0 Å². The normalized spacial score (nSPS) is 12.6. The van der Waals surface area contributed by atoms with Crippen LogP contribution in [0.1, 0.15) is 81.1 Å². The van der Waals surface area contributed by atoms with Crippen molar-refractivity contribution < 1.29 is 56.4 Å². The molecule has 2 N–H and O–H groups in total. The van der Waals surface area contributed by atoms with Crippen molar-refractivity contribution in [2.45, 2.75) is 105 Å². The van der Waals surface area contributed by atoms with Gasteiger partial charge in [-0.15, -0.1) is 0 Å². The molecule has 0 rings (SSSR count). The standard InChI is InChI=1S/C15H26F2O4.C7H10F2O4/c1-8-15(9-10(16)17,11(18)20-13(2,3)4)12(19)21-14(5,6)7;1-2-7(5(10)11,6(12)13)3-4(8)9/h10H,8-9H2,1-7H3;4H,2-3H2,1H3,(H,10,11)(H,12,13). The van der Waals surface area contributed by atoms with E-state index in [1.165, 1.54) is 13.8 Å². The van der Waals surface area contributed by atoms with Gasteiger partial charge in [-0.3, -0.25) is 19.2 Å². The fourth-order valence-corrected chi connectivity index (χ4v) is 2.67. The Hall–Kier alpha value is -2.40. The molecule has 0 bridgehead atoms. The number of carboxylic acid groups (broad SMARTS) is 2. The quantitative estimate of drug-likeness (QED) is 0.244. The lowest BCUT2D eigenvalue weighted by atomic mass is 9.81. The molecule has 0 aromatic carbocycles. The van der Waals surface area contributed by atoms with Crippen molar-refractivity contribution in [3.63, 3.8) is 0 Å². The number of carbonyl (C=O) groups excluding carboxylic acids is 2. The largest absolute Gasteiger partial charge is 0.480 e. The average Bonchev–Trinajstić information content (AvgIpc) is 2.60. The summed E-state index contributed by atoms with van der Waals surface area (Å²) in [7, 11) is 0. The number of aliphatic carboxylic acids is 2. The molecule has 0 unspecified atom stereocenters. The summed E-state index contributed by atoms with van der Waals surface area (Å²) < 4.78 is 59.9. The lowest BCUT2D eigenvalue weighted by molar-refractivity contribution is -0.189. The first-order chi connectivity index (χ1) is 15.1. The van der Waals surface area contributed by atoms with Crippen LogP contribution in [0.3, 0.4) is 0 Å². The molecule has 200 valence electrons. The molecule has 34 heavy (non-hydrogen) atoms. The Labute approximate surface area is 197 Å². The highest BCUT2D eigenvalue weighted by Gasteiger charge is 2.51. The highest BCUT2D eigenvalue weighted by Crippen LogP contribution is 2.36. The number of ether oxygens (including phenoxy) is 2. The Morgan fingerprint density at radius 2 is 0.912 bits per heavy atom. The van der Waals surface area contributed by atoms with Gasteiger partial charge in [0.25, 0.3) is 0 Å². The minimum absolute atomic E-state index is 0.110. The van der Waals surface area contributed by atoms with Crippen molar-refractivity contribution in [3.8, 4) is 0 Å². The van der Waals surface area contributed by atoms with Gasteiger partial charge < -0.3 is 19.7 Å². The predicted molar refractivity (Wildman–Crippen MR) is 114 cm³/mol. The number of hydrogen-bond donors (Lipinski definition) is 2. The van der Waals surface area contributed by atoms with Gasteiger partial charge in [0.05, 0.1) is 0 Å². The molecule has 8 nitrogen and oxygen atoms in total. The second kappa shape index (κ2) is 12.9. The molecule has 0 aromatic rings. The van der Waals surface area contributed by atoms with Crippen molar-refractivity contribution in [1.82, 2.24) is 0 Å². The molecule has 0 fully saturated rings. The Balaban J connectivity index is 0. The second-order valence-electron chi connectivity index (χ2n) is 9.68. The maximum absolute atomic E-state index is 12.9. The maximum Gasteiger partial charge on any atom is 0.324 e. The Kier molecular flexibility index (Phi) is 12.8. The zero-order valence-corrected chi connectivity index (χ0v) is 20.8. The van der Waals surface area contributed by atoms with Crippen LogP contribution in [0, 0.1) is 10.8 Å². The molecule has 12 heteroatoms. The Morgan fingerprint density at radius 1 is 0.647 bits per heavy atom. The molecule has 0 saturated carbocycles. The molecule has 0 saturated heterocycles. The van der Waals surface area contributed by atoms with E-state index in [-0.39, 0.29) is 12.8 Å². The Morgan fingerprint density at radius 3 is 1.06 bits per heavy atom. The molecule has 0 atom stereocenters. The molecule has 0 aliphatic heterocycles. The molecule has 0 spiro atoms. The molecular weight excluding hydrogens is 468 g/mol. The highest BCUT2D eigenvalue weighted by molar-refractivity contribution is 6.00. The van der Waals surface area contributed by atoms with Gasteiger partial charge in [0.2, 0.25) is 12.9 Å². The highest BCUT2D eigenvalue weighted by atomic mass is 19.3. The average molecular weight is 505 g/mol. The fourth-order valence-electron chi connectivity index (χ4n) is 2.67. The van der Waals surface area contributed by atoms with Gasteiger partial charge in [-0.05, 0) is 54.4 Å². The summed E-state index contributed by atoms with van der Waals surface area (Å²) in [4.78, 5) is 45.7. The van der Waals surface area contributed by atoms with Crippen LogP contribution in [0.4, 0.5) is 17.6 Å². The zero-order chi connectivity index (χ0) is 27.7. The molecule has 0 aliphatic carbocycles. The van der Waals surface area contributed by atoms with Gasteiger partial charge in [0, 0.05) is 12.8 Å². The van der Waals surface area contributed by atoms with Crippen molar-refractivity contribution in [3.05, 3.63) is 0 Å². The number of esters is 2. The van der Waals surface area contributed by atoms with E-state index in [4.69, 9.17) is 19.7 Å². The summed E-state index contributed by atoms with van der Waals surface area (Å²) in [6, 6.07) is 0. The van der Waals surface area contributed by atoms with Crippen molar-refractivity contribution in [2.24, 2.45) is 10.8 Å². The van der Waals surface area contributed by atoms with E-state index >= 15 is 0 Å². The number of carboxylic acids is 2.